The van der Waals surface area contributed by atoms with E-state index in [1.807, 2.05) is 121 Å². The summed E-state index contributed by atoms with van der Waals surface area (Å²) in [5.41, 5.74) is 4.86. The van der Waals surface area contributed by atoms with Crippen LogP contribution >= 0.6 is 0 Å². The third kappa shape index (κ3) is 7.35. The predicted molar refractivity (Wildman–Crippen MR) is 268 cm³/mol. The number of carbonyl (C=O) groups is 4. The number of hydrogen-bond acceptors (Lipinski definition) is 9. The van der Waals surface area contributed by atoms with Crippen molar-refractivity contribution in [3.8, 4) is 17.2 Å². The highest BCUT2D eigenvalue weighted by Gasteiger charge is 2.67. The zero-order valence-corrected chi connectivity index (χ0v) is 40.5. The standard InChI is InChI=1S/C56H54N4O9Si/c1-35-54(70(3,4)43-24-22-42(66-2)23-25-43)50(29-51(62)57-31-38-12-6-5-11-37(38)27-41(57)32-61)69-56(35)44-28-40(60-47-14-8-10-16-49(47)68-34-53(60)64)21-26-45(44)58(55(56)65)30-36-17-19-39(20-18-36)59-46-13-7-9-15-48(46)67-33-52(59)63/h5-26,28,35,41,50,54,61H,27,29-34H2,1-4H3/t35-,41-,50+,54-,56+/m0/s1. The third-order valence-electron chi connectivity index (χ3n) is 15.3. The van der Waals surface area contributed by atoms with Crippen LogP contribution in [0.15, 0.2) is 140 Å². The third-order valence-corrected chi connectivity index (χ3v) is 19.6. The first-order chi connectivity index (χ1) is 33.9. The van der Waals surface area contributed by atoms with E-state index in [0.29, 0.717) is 58.5 Å². The summed E-state index contributed by atoms with van der Waals surface area (Å²) in [5.74, 6) is 0.590. The number of aliphatic hydroxyl groups excluding tert-OH is 1. The molecule has 1 spiro atoms. The van der Waals surface area contributed by atoms with E-state index in [9.17, 15) is 19.5 Å². The highest BCUT2D eigenvalue weighted by Crippen LogP contribution is 2.61. The number of benzene rings is 6. The van der Waals surface area contributed by atoms with Crippen molar-refractivity contribution in [1.82, 2.24) is 4.90 Å². The molecule has 0 bridgehead atoms. The molecule has 13 nitrogen and oxygen atoms in total. The zero-order valence-electron chi connectivity index (χ0n) is 39.5. The molecule has 1 N–H and O–H groups in total. The maximum absolute atomic E-state index is 16.0. The van der Waals surface area contributed by atoms with Crippen LogP contribution < -0.4 is 34.1 Å². The Hall–Kier alpha value is -7.26. The normalized spacial score (nSPS) is 22.6. The summed E-state index contributed by atoms with van der Waals surface area (Å²) in [6.45, 7) is 6.75. The molecule has 0 saturated carbocycles. The second-order valence-corrected chi connectivity index (χ2v) is 24.1. The molecule has 1 fully saturated rings. The van der Waals surface area contributed by atoms with Crippen molar-refractivity contribution < 1.29 is 43.2 Å². The first kappa shape index (κ1) is 45.2. The summed E-state index contributed by atoms with van der Waals surface area (Å²) < 4.78 is 24.6. The molecule has 5 aliphatic heterocycles. The fourth-order valence-electron chi connectivity index (χ4n) is 11.8. The van der Waals surface area contributed by atoms with Crippen LogP contribution in [0.4, 0.5) is 28.4 Å². The van der Waals surface area contributed by atoms with Crippen LogP contribution in [-0.4, -0.2) is 80.8 Å². The molecular weight excluding hydrogens is 901 g/mol. The van der Waals surface area contributed by atoms with E-state index in [4.69, 9.17) is 18.9 Å². The minimum Gasteiger partial charge on any atom is -0.497 e. The number of fused-ring (bicyclic) bond motifs is 5. The molecule has 14 heteroatoms. The van der Waals surface area contributed by atoms with Crippen molar-refractivity contribution in [2.45, 2.75) is 69.2 Å². The van der Waals surface area contributed by atoms with Crippen molar-refractivity contribution in [2.75, 3.05) is 41.6 Å². The number of para-hydroxylation sites is 4. The summed E-state index contributed by atoms with van der Waals surface area (Å²) >= 11 is 0. The molecule has 11 rings (SSSR count). The average molecular weight is 955 g/mol. The van der Waals surface area contributed by atoms with Crippen LogP contribution in [0.25, 0.3) is 0 Å². The predicted octanol–water partition coefficient (Wildman–Crippen LogP) is 7.91. The Bertz CT molecular complexity index is 3050. The Balaban J connectivity index is 1.01. The number of ether oxygens (including phenoxy) is 4. The van der Waals surface area contributed by atoms with E-state index in [1.165, 1.54) is 0 Å². The number of methoxy groups -OCH3 is 1. The molecule has 6 aromatic carbocycles. The van der Waals surface area contributed by atoms with E-state index >= 15 is 4.79 Å². The summed E-state index contributed by atoms with van der Waals surface area (Å²) in [5, 5.41) is 11.8. The highest BCUT2D eigenvalue weighted by atomic mass is 28.3. The van der Waals surface area contributed by atoms with Gasteiger partial charge in [-0.15, -0.1) is 0 Å². The summed E-state index contributed by atoms with van der Waals surface area (Å²) in [7, 11) is -1.06. The number of hydrogen-bond donors (Lipinski definition) is 1. The molecule has 5 heterocycles. The van der Waals surface area contributed by atoms with Crippen molar-refractivity contribution >= 4 is 65.3 Å². The van der Waals surface area contributed by atoms with Gasteiger partial charge in [0.05, 0.1) is 64.0 Å². The molecule has 5 aliphatic rings. The summed E-state index contributed by atoms with van der Waals surface area (Å²) in [6, 6.07) is 43.8. The van der Waals surface area contributed by atoms with Crippen molar-refractivity contribution in [3.05, 3.63) is 162 Å². The minimum atomic E-state index is -2.70. The van der Waals surface area contributed by atoms with Gasteiger partial charge in [-0.05, 0) is 95.4 Å². The molecule has 1 saturated heterocycles. The van der Waals surface area contributed by atoms with Gasteiger partial charge in [0.2, 0.25) is 5.91 Å². The zero-order chi connectivity index (χ0) is 48.5. The maximum Gasteiger partial charge on any atom is 0.269 e. The lowest BCUT2D eigenvalue weighted by Crippen LogP contribution is -2.52. The Morgan fingerprint density at radius 2 is 1.34 bits per heavy atom. The SMILES string of the molecule is COc1ccc([Si](C)(C)[C@@H]2[C@@H](CC(=O)N3Cc4ccccc4C[C@H]3CO)O[C@]3(C(=O)N(Cc4ccc(N5C(=O)COc6ccccc65)cc4)c4ccc(N5C(=O)COc6ccccc65)cc43)[C@H]2C)cc1. The van der Waals surface area contributed by atoms with E-state index in [1.54, 1.807) is 26.7 Å². The first-order valence-electron chi connectivity index (χ1n) is 23.9. The number of nitrogens with zero attached hydrogens (tertiary/aromatic N) is 4. The van der Waals surface area contributed by atoms with Gasteiger partial charge < -0.3 is 33.9 Å². The van der Waals surface area contributed by atoms with E-state index in [-0.39, 0.29) is 62.0 Å². The molecule has 4 amide bonds. The topological polar surface area (TPSA) is 138 Å². The Morgan fingerprint density at radius 1 is 0.743 bits per heavy atom. The van der Waals surface area contributed by atoms with Gasteiger partial charge in [0.1, 0.15) is 17.2 Å². The lowest BCUT2D eigenvalue weighted by Gasteiger charge is -2.39. The molecule has 0 aliphatic carbocycles. The molecule has 356 valence electrons. The monoisotopic (exact) mass is 954 g/mol. The smallest absolute Gasteiger partial charge is 0.269 e. The minimum absolute atomic E-state index is 0.00944. The average Bonchev–Trinajstić information content (AvgIpc) is 3.81. The van der Waals surface area contributed by atoms with Gasteiger partial charge in [-0.1, -0.05) is 98.0 Å². The summed E-state index contributed by atoms with van der Waals surface area (Å²) in [6.07, 6.45) is -0.184. The maximum atomic E-state index is 16.0. The Labute approximate surface area is 407 Å². The molecule has 70 heavy (non-hydrogen) atoms. The second-order valence-electron chi connectivity index (χ2n) is 19.4. The van der Waals surface area contributed by atoms with Crippen LogP contribution in [0.3, 0.4) is 0 Å². The quantitative estimate of drug-likeness (QED) is 0.136. The molecule has 0 radical (unpaired) electrons. The van der Waals surface area contributed by atoms with Crippen LogP contribution in [-0.2, 0) is 49.0 Å². The molecule has 0 unspecified atom stereocenters. The Morgan fingerprint density at radius 3 is 1.99 bits per heavy atom. The van der Waals surface area contributed by atoms with Gasteiger partial charge >= 0.3 is 0 Å². The van der Waals surface area contributed by atoms with Gasteiger partial charge in [0.25, 0.3) is 17.7 Å². The van der Waals surface area contributed by atoms with Crippen molar-refractivity contribution in [2.24, 2.45) is 5.92 Å². The number of carbonyl (C=O) groups excluding carboxylic acids is 4. The highest BCUT2D eigenvalue weighted by molar-refractivity contribution is 6.91. The number of rotatable bonds is 10. The lowest BCUT2D eigenvalue weighted by molar-refractivity contribution is -0.151. The fraction of sp³-hybridized carbons (Fsp3) is 0.286. The number of anilines is 5. The van der Waals surface area contributed by atoms with Gasteiger partial charge in [-0.3, -0.25) is 29.0 Å². The van der Waals surface area contributed by atoms with Crippen LogP contribution in [0.1, 0.15) is 35.6 Å². The lowest BCUT2D eigenvalue weighted by atomic mass is 9.82. The largest absolute Gasteiger partial charge is 0.497 e. The van der Waals surface area contributed by atoms with Gasteiger partial charge in [0, 0.05) is 29.4 Å². The van der Waals surface area contributed by atoms with Gasteiger partial charge in [-0.2, -0.15) is 0 Å². The van der Waals surface area contributed by atoms with E-state index in [0.717, 1.165) is 27.6 Å². The number of aliphatic hydroxyl groups is 1. The van der Waals surface area contributed by atoms with Crippen LogP contribution in [0, 0.1) is 5.92 Å². The first-order valence-corrected chi connectivity index (χ1v) is 26.9. The van der Waals surface area contributed by atoms with Crippen molar-refractivity contribution in [1.29, 1.82) is 0 Å². The summed E-state index contributed by atoms with van der Waals surface area (Å²) in [4.78, 5) is 64.9. The van der Waals surface area contributed by atoms with E-state index < -0.39 is 31.7 Å². The molecule has 5 atom stereocenters. The Kier molecular flexibility index (Phi) is 11.4. The molecule has 0 aromatic heterocycles. The van der Waals surface area contributed by atoms with Gasteiger partial charge in [0.15, 0.2) is 18.8 Å². The molecule has 6 aromatic rings. The van der Waals surface area contributed by atoms with Gasteiger partial charge in [-0.25, -0.2) is 0 Å². The van der Waals surface area contributed by atoms with E-state index in [2.05, 4.69) is 38.2 Å². The van der Waals surface area contributed by atoms with Crippen LogP contribution in [0.2, 0.25) is 18.6 Å². The number of amides is 4. The molecular formula is C56H54N4O9Si. The fourth-order valence-corrected chi connectivity index (χ4v) is 15.8. The van der Waals surface area contributed by atoms with Crippen molar-refractivity contribution in [3.63, 3.8) is 0 Å². The second kappa shape index (κ2) is 17.6. The van der Waals surface area contributed by atoms with Crippen LogP contribution in [0.5, 0.6) is 17.2 Å².